The van der Waals surface area contributed by atoms with Crippen molar-refractivity contribution in [2.45, 2.75) is 6.61 Å². The fourth-order valence-corrected chi connectivity index (χ4v) is 3.78. The average Bonchev–Trinajstić information content (AvgIpc) is 3.51. The van der Waals surface area contributed by atoms with Gasteiger partial charge in [0.2, 0.25) is 12.3 Å². The third-order valence-electron chi connectivity index (χ3n) is 4.65. The van der Waals surface area contributed by atoms with Gasteiger partial charge in [-0.05, 0) is 58.3 Å². The Bertz CT molecular complexity index is 1280. The van der Waals surface area contributed by atoms with Gasteiger partial charge in [0, 0.05) is 11.0 Å². The van der Waals surface area contributed by atoms with Crippen LogP contribution in [0.1, 0.15) is 22.7 Å². The fraction of sp³-hybridized carbons (Fsp3) is 0.0417. The quantitative estimate of drug-likeness (QED) is 0.351. The van der Waals surface area contributed by atoms with E-state index in [1.165, 1.54) is 6.39 Å². The average molecular weight is 411 g/mol. The lowest BCUT2D eigenvalue weighted by Crippen LogP contribution is -1.98. The van der Waals surface area contributed by atoms with E-state index in [-0.39, 0.29) is 0 Å². The fourth-order valence-electron chi connectivity index (χ4n) is 3.16. The number of benzene rings is 2. The molecule has 0 aliphatic rings. The minimum atomic E-state index is 0.408. The highest BCUT2D eigenvalue weighted by Crippen LogP contribution is 2.27. The molecule has 0 aliphatic carbocycles. The first-order chi connectivity index (χ1) is 14.8. The van der Waals surface area contributed by atoms with E-state index in [2.05, 4.69) is 38.8 Å². The maximum Gasteiger partial charge on any atom is 0.248 e. The molecule has 3 aromatic heterocycles. The molecule has 146 valence electrons. The predicted molar refractivity (Wildman–Crippen MR) is 118 cm³/mol. The molecule has 0 saturated carbocycles. The summed E-state index contributed by atoms with van der Waals surface area (Å²) in [6.07, 6.45) is 3.38. The molecule has 0 unspecified atom stereocenters. The molecule has 30 heavy (non-hydrogen) atoms. The number of ether oxygens (including phenoxy) is 1. The monoisotopic (exact) mass is 411 g/mol. The Hall–Kier alpha value is -3.77. The second-order valence-corrected chi connectivity index (χ2v) is 7.45. The maximum absolute atomic E-state index is 5.94. The molecule has 0 radical (unpaired) electrons. The Kier molecular flexibility index (Phi) is 5.06. The van der Waals surface area contributed by atoms with Gasteiger partial charge in [0.05, 0.1) is 11.2 Å². The second-order valence-electron chi connectivity index (χ2n) is 6.67. The summed E-state index contributed by atoms with van der Waals surface area (Å²) in [6.45, 7) is 0.408. The standard InChI is InChI=1S/C24H17N3O2S/c1-2-4-23-19(3-1)5-8-20(26-23)14-28-21-9-6-18(7-10-21)22(24-27-25-16-29-24)13-17-11-12-30-15-17/h1-13,15-16H,14H2/b22-13+. The van der Waals surface area contributed by atoms with E-state index in [1.807, 2.05) is 60.0 Å². The predicted octanol–water partition coefficient (Wildman–Crippen LogP) is 5.85. The zero-order valence-electron chi connectivity index (χ0n) is 15.9. The molecule has 3 heterocycles. The van der Waals surface area contributed by atoms with Crippen molar-refractivity contribution in [3.05, 3.63) is 107 Å². The Morgan fingerprint density at radius 2 is 1.90 bits per heavy atom. The van der Waals surface area contributed by atoms with Crippen LogP contribution in [-0.2, 0) is 6.61 Å². The molecule has 0 aliphatic heterocycles. The van der Waals surface area contributed by atoms with Gasteiger partial charge in [0.25, 0.3) is 0 Å². The van der Waals surface area contributed by atoms with Crippen molar-refractivity contribution in [2.24, 2.45) is 0 Å². The van der Waals surface area contributed by atoms with Crippen molar-refractivity contribution in [3.8, 4) is 5.75 Å². The van der Waals surface area contributed by atoms with Gasteiger partial charge >= 0.3 is 0 Å². The zero-order valence-corrected chi connectivity index (χ0v) is 16.8. The van der Waals surface area contributed by atoms with Gasteiger partial charge in [0.15, 0.2) is 0 Å². The summed E-state index contributed by atoms with van der Waals surface area (Å²) in [4.78, 5) is 4.65. The van der Waals surface area contributed by atoms with Crippen molar-refractivity contribution < 1.29 is 9.15 Å². The number of aromatic nitrogens is 3. The van der Waals surface area contributed by atoms with Crippen LogP contribution >= 0.6 is 11.3 Å². The van der Waals surface area contributed by atoms with Crippen molar-refractivity contribution in [1.82, 2.24) is 15.2 Å². The highest BCUT2D eigenvalue weighted by molar-refractivity contribution is 7.08. The summed E-state index contributed by atoms with van der Waals surface area (Å²) in [5.41, 5.74) is 4.80. The molecular weight excluding hydrogens is 394 g/mol. The van der Waals surface area contributed by atoms with Crippen LogP contribution in [0.2, 0.25) is 0 Å². The number of para-hydroxylation sites is 1. The molecule has 0 saturated heterocycles. The van der Waals surface area contributed by atoms with E-state index in [4.69, 9.17) is 9.15 Å². The van der Waals surface area contributed by atoms with Crippen LogP contribution in [-0.4, -0.2) is 15.2 Å². The lowest BCUT2D eigenvalue weighted by Gasteiger charge is -2.08. The topological polar surface area (TPSA) is 61.0 Å². The Morgan fingerprint density at radius 1 is 1.00 bits per heavy atom. The van der Waals surface area contributed by atoms with E-state index in [0.29, 0.717) is 12.5 Å². The van der Waals surface area contributed by atoms with E-state index in [1.54, 1.807) is 11.3 Å². The molecule has 5 nitrogen and oxygen atoms in total. The van der Waals surface area contributed by atoms with Gasteiger partial charge in [-0.3, -0.25) is 0 Å². The highest BCUT2D eigenvalue weighted by atomic mass is 32.1. The molecule has 0 fully saturated rings. The Labute approximate surface area is 177 Å². The summed E-state index contributed by atoms with van der Waals surface area (Å²) < 4.78 is 11.4. The largest absolute Gasteiger partial charge is 0.487 e. The first-order valence-electron chi connectivity index (χ1n) is 9.43. The molecule has 5 rings (SSSR count). The van der Waals surface area contributed by atoms with Gasteiger partial charge < -0.3 is 9.15 Å². The first-order valence-corrected chi connectivity index (χ1v) is 10.4. The van der Waals surface area contributed by atoms with Crippen molar-refractivity contribution in [3.63, 3.8) is 0 Å². The number of pyridine rings is 1. The first kappa shape index (κ1) is 18.3. The zero-order chi connectivity index (χ0) is 20.2. The molecule has 0 amide bonds. The van der Waals surface area contributed by atoms with Gasteiger partial charge in [0.1, 0.15) is 12.4 Å². The number of hydrogen-bond acceptors (Lipinski definition) is 6. The number of fused-ring (bicyclic) bond motifs is 1. The van der Waals surface area contributed by atoms with Crippen LogP contribution in [0, 0.1) is 0 Å². The number of thiophene rings is 1. The Balaban J connectivity index is 1.35. The molecule has 0 N–H and O–H groups in total. The van der Waals surface area contributed by atoms with Gasteiger partial charge in [-0.25, -0.2) is 4.98 Å². The minimum Gasteiger partial charge on any atom is -0.487 e. The van der Waals surface area contributed by atoms with Crippen LogP contribution in [0.5, 0.6) is 5.75 Å². The van der Waals surface area contributed by atoms with E-state index < -0.39 is 0 Å². The Morgan fingerprint density at radius 3 is 2.70 bits per heavy atom. The molecule has 5 aromatic rings. The number of hydrogen-bond donors (Lipinski definition) is 0. The second kappa shape index (κ2) is 8.31. The maximum atomic E-state index is 5.94. The lowest BCUT2D eigenvalue weighted by atomic mass is 10.0. The lowest BCUT2D eigenvalue weighted by molar-refractivity contribution is 0.302. The van der Waals surface area contributed by atoms with Crippen LogP contribution in [0.4, 0.5) is 0 Å². The normalized spacial score (nSPS) is 11.7. The number of nitrogens with zero attached hydrogens (tertiary/aromatic N) is 3. The molecule has 6 heteroatoms. The summed E-state index contributed by atoms with van der Waals surface area (Å²) in [5.74, 6) is 1.25. The SMILES string of the molecule is C(=C(/c1ccc(OCc2ccc3ccccc3n2)cc1)c1nnco1)/c1ccsc1. The summed E-state index contributed by atoms with van der Waals surface area (Å²) >= 11 is 1.64. The van der Waals surface area contributed by atoms with Crippen LogP contribution in [0.25, 0.3) is 22.6 Å². The minimum absolute atomic E-state index is 0.408. The van der Waals surface area contributed by atoms with E-state index >= 15 is 0 Å². The van der Waals surface area contributed by atoms with Crippen LogP contribution < -0.4 is 4.74 Å². The van der Waals surface area contributed by atoms with Crippen molar-refractivity contribution in [2.75, 3.05) is 0 Å². The van der Waals surface area contributed by atoms with Crippen molar-refractivity contribution in [1.29, 1.82) is 0 Å². The molecule has 0 atom stereocenters. The van der Waals surface area contributed by atoms with E-state index in [0.717, 1.165) is 39.0 Å². The van der Waals surface area contributed by atoms with Gasteiger partial charge in [-0.1, -0.05) is 36.4 Å². The third kappa shape index (κ3) is 3.99. The van der Waals surface area contributed by atoms with Crippen LogP contribution in [0.3, 0.4) is 0 Å². The number of rotatable bonds is 6. The van der Waals surface area contributed by atoms with Crippen LogP contribution in [0.15, 0.2) is 88.3 Å². The summed E-state index contributed by atoms with van der Waals surface area (Å²) in [7, 11) is 0. The summed E-state index contributed by atoms with van der Waals surface area (Å²) in [5, 5.41) is 13.1. The molecule has 0 spiro atoms. The molecule has 0 bridgehead atoms. The highest BCUT2D eigenvalue weighted by Gasteiger charge is 2.11. The molecular formula is C24H17N3O2S. The van der Waals surface area contributed by atoms with E-state index in [9.17, 15) is 0 Å². The van der Waals surface area contributed by atoms with Gasteiger partial charge in [-0.2, -0.15) is 11.3 Å². The molecule has 2 aromatic carbocycles. The smallest absolute Gasteiger partial charge is 0.248 e. The van der Waals surface area contributed by atoms with Crippen molar-refractivity contribution >= 4 is 33.9 Å². The summed E-state index contributed by atoms with van der Waals surface area (Å²) in [6, 6.07) is 22.0. The third-order valence-corrected chi connectivity index (χ3v) is 5.35. The van der Waals surface area contributed by atoms with Gasteiger partial charge in [-0.15, -0.1) is 10.2 Å².